The minimum Gasteiger partial charge on any atom is -0.505 e. The van der Waals surface area contributed by atoms with E-state index in [4.69, 9.17) is 0 Å². The SMILES string of the molecule is O=[N+]([O-])c1cc(O)c2nc[nH]c2c1. The average Bonchev–Trinajstić information content (AvgIpc) is 2.51. The normalized spacial score (nSPS) is 10.5. The van der Waals surface area contributed by atoms with Gasteiger partial charge in [-0.2, -0.15) is 0 Å². The molecule has 0 aliphatic rings. The molecule has 0 aliphatic heterocycles. The van der Waals surface area contributed by atoms with Crippen molar-refractivity contribution in [1.29, 1.82) is 0 Å². The van der Waals surface area contributed by atoms with Crippen LogP contribution < -0.4 is 0 Å². The van der Waals surface area contributed by atoms with Gasteiger partial charge in [0.15, 0.2) is 0 Å². The van der Waals surface area contributed by atoms with Crippen LogP contribution >= 0.6 is 0 Å². The van der Waals surface area contributed by atoms with Crippen LogP contribution in [0.1, 0.15) is 0 Å². The number of non-ortho nitro benzene ring substituents is 1. The summed E-state index contributed by atoms with van der Waals surface area (Å²) in [6.45, 7) is 0. The Morgan fingerprint density at radius 3 is 3.00 bits per heavy atom. The van der Waals surface area contributed by atoms with Gasteiger partial charge in [0.1, 0.15) is 11.3 Å². The second-order valence-corrected chi connectivity index (χ2v) is 2.52. The van der Waals surface area contributed by atoms with Gasteiger partial charge in [-0.3, -0.25) is 10.1 Å². The van der Waals surface area contributed by atoms with E-state index in [2.05, 4.69) is 9.97 Å². The predicted octanol–water partition coefficient (Wildman–Crippen LogP) is 1.18. The number of nitrogens with one attached hydrogen (secondary N) is 1. The number of phenols is 1. The largest absolute Gasteiger partial charge is 0.505 e. The van der Waals surface area contributed by atoms with Gasteiger partial charge in [-0.05, 0) is 0 Å². The summed E-state index contributed by atoms with van der Waals surface area (Å²) in [4.78, 5) is 16.3. The van der Waals surface area contributed by atoms with Crippen molar-refractivity contribution in [3.8, 4) is 5.75 Å². The van der Waals surface area contributed by atoms with Crippen LogP contribution in [0.25, 0.3) is 11.0 Å². The van der Waals surface area contributed by atoms with Crippen molar-refractivity contribution in [2.45, 2.75) is 0 Å². The number of phenolic OH excluding ortho intramolecular Hbond substituents is 1. The predicted molar refractivity (Wildman–Crippen MR) is 44.4 cm³/mol. The fourth-order valence-electron chi connectivity index (χ4n) is 1.12. The monoisotopic (exact) mass is 179 g/mol. The van der Waals surface area contributed by atoms with E-state index in [0.29, 0.717) is 11.0 Å². The second kappa shape index (κ2) is 2.44. The number of imidazole rings is 1. The zero-order chi connectivity index (χ0) is 9.42. The van der Waals surface area contributed by atoms with E-state index in [1.54, 1.807) is 0 Å². The molecule has 0 fully saturated rings. The number of H-pyrrole nitrogens is 1. The summed E-state index contributed by atoms with van der Waals surface area (Å²) >= 11 is 0. The van der Waals surface area contributed by atoms with Crippen LogP contribution in [0.15, 0.2) is 18.5 Å². The molecule has 2 aromatic rings. The smallest absolute Gasteiger partial charge is 0.275 e. The first-order valence-corrected chi connectivity index (χ1v) is 3.49. The van der Waals surface area contributed by atoms with E-state index in [0.717, 1.165) is 6.07 Å². The highest BCUT2D eigenvalue weighted by molar-refractivity contribution is 5.83. The first-order chi connectivity index (χ1) is 6.18. The second-order valence-electron chi connectivity index (χ2n) is 2.52. The molecule has 1 aromatic heterocycles. The van der Waals surface area contributed by atoms with E-state index in [1.807, 2.05) is 0 Å². The molecule has 1 heterocycles. The minimum atomic E-state index is -0.569. The quantitative estimate of drug-likeness (QED) is 0.507. The Bertz CT molecular complexity index is 477. The average molecular weight is 179 g/mol. The molecule has 6 nitrogen and oxygen atoms in total. The standard InChI is InChI=1S/C7H5N3O3/c11-6-2-4(10(12)13)1-5-7(6)9-3-8-5/h1-3,11H,(H,8,9). The molecule has 0 atom stereocenters. The van der Waals surface area contributed by atoms with Crippen LogP contribution in [0.4, 0.5) is 5.69 Å². The number of hydrogen-bond acceptors (Lipinski definition) is 4. The van der Waals surface area contributed by atoms with Gasteiger partial charge in [-0.25, -0.2) is 4.98 Å². The molecule has 66 valence electrons. The summed E-state index contributed by atoms with van der Waals surface area (Å²) in [5, 5.41) is 19.7. The van der Waals surface area contributed by atoms with Gasteiger partial charge >= 0.3 is 0 Å². The number of aromatic nitrogens is 2. The number of fused-ring (bicyclic) bond motifs is 1. The lowest BCUT2D eigenvalue weighted by Crippen LogP contribution is -1.87. The Kier molecular flexibility index (Phi) is 1.42. The van der Waals surface area contributed by atoms with Crippen molar-refractivity contribution in [2.75, 3.05) is 0 Å². The minimum absolute atomic E-state index is 0.158. The first kappa shape index (κ1) is 7.53. The molecule has 2 rings (SSSR count). The van der Waals surface area contributed by atoms with Crippen LogP contribution in [0.5, 0.6) is 5.75 Å². The third-order valence-corrected chi connectivity index (χ3v) is 1.70. The highest BCUT2D eigenvalue weighted by atomic mass is 16.6. The summed E-state index contributed by atoms with van der Waals surface area (Å²) in [6.07, 6.45) is 1.37. The molecule has 0 bridgehead atoms. The number of aromatic amines is 1. The lowest BCUT2D eigenvalue weighted by atomic mass is 10.2. The van der Waals surface area contributed by atoms with E-state index < -0.39 is 4.92 Å². The number of nitro benzene ring substituents is 1. The molecule has 0 unspecified atom stereocenters. The molecule has 13 heavy (non-hydrogen) atoms. The molecule has 0 spiro atoms. The van der Waals surface area contributed by atoms with Crippen molar-refractivity contribution in [2.24, 2.45) is 0 Å². The zero-order valence-electron chi connectivity index (χ0n) is 6.39. The molecule has 6 heteroatoms. The van der Waals surface area contributed by atoms with Gasteiger partial charge in [0.25, 0.3) is 5.69 Å². The van der Waals surface area contributed by atoms with Crippen molar-refractivity contribution >= 4 is 16.7 Å². The van der Waals surface area contributed by atoms with Crippen LogP contribution in [0, 0.1) is 10.1 Å². The van der Waals surface area contributed by atoms with Gasteiger partial charge in [0, 0.05) is 6.07 Å². The third kappa shape index (κ3) is 1.08. The Labute approximate surface area is 72.0 Å². The molecule has 0 radical (unpaired) electrons. The van der Waals surface area contributed by atoms with Gasteiger partial charge in [-0.1, -0.05) is 0 Å². The number of nitro groups is 1. The maximum atomic E-state index is 10.4. The summed E-state index contributed by atoms with van der Waals surface area (Å²) in [5.41, 5.74) is 0.631. The molecule has 2 N–H and O–H groups in total. The van der Waals surface area contributed by atoms with Crippen molar-refractivity contribution < 1.29 is 10.0 Å². The van der Waals surface area contributed by atoms with E-state index >= 15 is 0 Å². The van der Waals surface area contributed by atoms with E-state index in [9.17, 15) is 15.2 Å². The lowest BCUT2D eigenvalue weighted by Gasteiger charge is -1.94. The number of rotatable bonds is 1. The molecular weight excluding hydrogens is 174 g/mol. The number of nitrogens with zero attached hydrogens (tertiary/aromatic N) is 2. The summed E-state index contributed by atoms with van der Waals surface area (Å²) < 4.78 is 0. The Morgan fingerprint density at radius 2 is 2.31 bits per heavy atom. The van der Waals surface area contributed by atoms with Crippen molar-refractivity contribution in [3.63, 3.8) is 0 Å². The molecule has 0 amide bonds. The molecule has 0 saturated carbocycles. The topological polar surface area (TPSA) is 92.1 Å². The lowest BCUT2D eigenvalue weighted by molar-refractivity contribution is -0.384. The molecule has 0 aliphatic carbocycles. The van der Waals surface area contributed by atoms with Crippen molar-refractivity contribution in [3.05, 3.63) is 28.6 Å². The van der Waals surface area contributed by atoms with E-state index in [-0.39, 0.29) is 11.4 Å². The fourth-order valence-corrected chi connectivity index (χ4v) is 1.12. The first-order valence-electron chi connectivity index (χ1n) is 3.49. The Morgan fingerprint density at radius 1 is 1.54 bits per heavy atom. The van der Waals surface area contributed by atoms with E-state index in [1.165, 1.54) is 12.4 Å². The number of aromatic hydroxyl groups is 1. The number of hydrogen-bond donors (Lipinski definition) is 2. The van der Waals surface area contributed by atoms with Gasteiger partial charge in [0.05, 0.1) is 22.8 Å². The van der Waals surface area contributed by atoms with Gasteiger partial charge < -0.3 is 10.1 Å². The Hall–Kier alpha value is -2.11. The molecule has 1 aromatic carbocycles. The third-order valence-electron chi connectivity index (χ3n) is 1.70. The highest BCUT2D eigenvalue weighted by Crippen LogP contribution is 2.27. The highest BCUT2D eigenvalue weighted by Gasteiger charge is 2.11. The molecule has 0 saturated heterocycles. The van der Waals surface area contributed by atoms with Crippen molar-refractivity contribution in [1.82, 2.24) is 9.97 Å². The maximum Gasteiger partial charge on any atom is 0.275 e. The summed E-state index contributed by atoms with van der Waals surface area (Å²) in [5.74, 6) is -0.189. The van der Waals surface area contributed by atoms with Crippen LogP contribution in [-0.4, -0.2) is 20.0 Å². The summed E-state index contributed by atoms with van der Waals surface area (Å²) in [6, 6.07) is 2.39. The van der Waals surface area contributed by atoms with Crippen LogP contribution in [-0.2, 0) is 0 Å². The maximum absolute atomic E-state index is 10.4. The molecular formula is C7H5N3O3. The summed E-state index contributed by atoms with van der Waals surface area (Å²) in [7, 11) is 0. The fraction of sp³-hybridized carbons (Fsp3) is 0. The van der Waals surface area contributed by atoms with Gasteiger partial charge in [-0.15, -0.1) is 0 Å². The van der Waals surface area contributed by atoms with Crippen LogP contribution in [0.3, 0.4) is 0 Å². The number of benzene rings is 1. The zero-order valence-corrected chi connectivity index (χ0v) is 6.39. The van der Waals surface area contributed by atoms with Gasteiger partial charge in [0.2, 0.25) is 0 Å². The Balaban J connectivity index is 2.77. The van der Waals surface area contributed by atoms with Crippen LogP contribution in [0.2, 0.25) is 0 Å².